The number of fused-ring (bicyclic) bond motifs is 2. The Hall–Kier alpha value is -5.38. The van der Waals surface area contributed by atoms with Gasteiger partial charge >= 0.3 is 0 Å². The van der Waals surface area contributed by atoms with Gasteiger partial charge in [0.05, 0.1) is 21.6 Å². The number of rotatable bonds is 7. The molecule has 4 aromatic carbocycles. The summed E-state index contributed by atoms with van der Waals surface area (Å²) < 4.78 is 5.90. The molecule has 0 unspecified atom stereocenters. The summed E-state index contributed by atoms with van der Waals surface area (Å²) in [5.74, 6) is -0.0314. The number of amides is 1. The van der Waals surface area contributed by atoms with Crippen LogP contribution in [0, 0.1) is 26.1 Å². The van der Waals surface area contributed by atoms with Crippen LogP contribution in [0.3, 0.4) is 0 Å². The molecule has 6 rings (SSSR count). The molecule has 0 bridgehead atoms. The fourth-order valence-electron chi connectivity index (χ4n) is 5.76. The van der Waals surface area contributed by atoms with Crippen molar-refractivity contribution in [1.82, 2.24) is 5.01 Å². The zero-order valence-electron chi connectivity index (χ0n) is 22.5. The second-order valence-electron chi connectivity index (χ2n) is 10.3. The number of carbonyl (C=O) groups is 1. The van der Waals surface area contributed by atoms with E-state index in [1.54, 1.807) is 24.3 Å². The normalized spacial score (nSPS) is 18.9. The van der Waals surface area contributed by atoms with E-state index < -0.39 is 15.9 Å². The quantitative estimate of drug-likeness (QED) is 0.179. The number of hydrogen-bond donors (Lipinski definition) is 0. The summed E-state index contributed by atoms with van der Waals surface area (Å²) in [6, 6.07) is 25.6. The molecular weight excluding hydrogens is 536 g/mol. The van der Waals surface area contributed by atoms with Crippen molar-refractivity contribution >= 4 is 39.8 Å². The maximum absolute atomic E-state index is 13.7. The Morgan fingerprint density at radius 3 is 2.43 bits per heavy atom. The Bertz CT molecular complexity index is 1780. The second kappa shape index (κ2) is 11.2. The number of nitro benzene ring substituents is 2. The lowest BCUT2D eigenvalue weighted by Crippen LogP contribution is -2.34. The highest BCUT2D eigenvalue weighted by molar-refractivity contribution is 6.08. The van der Waals surface area contributed by atoms with Gasteiger partial charge in [-0.1, -0.05) is 54.6 Å². The summed E-state index contributed by atoms with van der Waals surface area (Å²) in [4.78, 5) is 35.7. The molecule has 1 aliphatic carbocycles. The Morgan fingerprint density at radius 1 is 0.905 bits per heavy atom. The average Bonchev–Trinajstić information content (AvgIpc) is 3.41. The molecule has 2 atom stereocenters. The third-order valence-electron chi connectivity index (χ3n) is 7.68. The minimum absolute atomic E-state index is 0.0119. The van der Waals surface area contributed by atoms with Gasteiger partial charge in [-0.2, -0.15) is 5.10 Å². The highest BCUT2D eigenvalue weighted by Crippen LogP contribution is 2.45. The molecule has 210 valence electrons. The molecule has 1 heterocycles. The molecule has 1 fully saturated rings. The first-order valence-electron chi connectivity index (χ1n) is 13.6. The smallest absolute Gasteiger partial charge is 0.281 e. The third kappa shape index (κ3) is 5.34. The van der Waals surface area contributed by atoms with Crippen molar-refractivity contribution < 1.29 is 19.4 Å². The number of nitrogens with zero attached hydrogens (tertiary/aromatic N) is 4. The van der Waals surface area contributed by atoms with Crippen LogP contribution < -0.4 is 4.74 Å². The topological polar surface area (TPSA) is 128 Å². The van der Waals surface area contributed by atoms with E-state index in [9.17, 15) is 25.0 Å². The van der Waals surface area contributed by atoms with Crippen LogP contribution in [0.2, 0.25) is 0 Å². The van der Waals surface area contributed by atoms with Gasteiger partial charge < -0.3 is 4.74 Å². The lowest BCUT2D eigenvalue weighted by Gasteiger charge is -2.29. The Balaban J connectivity index is 1.34. The molecular formula is C32H26N4O6. The molecule has 0 saturated heterocycles. The van der Waals surface area contributed by atoms with E-state index in [1.165, 1.54) is 29.3 Å². The number of ether oxygens (including phenoxy) is 1. The maximum atomic E-state index is 13.7. The second-order valence-corrected chi connectivity index (χ2v) is 10.3. The number of hydrazone groups is 1. The van der Waals surface area contributed by atoms with E-state index in [4.69, 9.17) is 9.84 Å². The zero-order valence-corrected chi connectivity index (χ0v) is 22.5. The number of hydrogen-bond acceptors (Lipinski definition) is 7. The van der Waals surface area contributed by atoms with Crippen molar-refractivity contribution in [2.45, 2.75) is 25.3 Å². The van der Waals surface area contributed by atoms with E-state index in [0.717, 1.165) is 29.2 Å². The van der Waals surface area contributed by atoms with Crippen LogP contribution in [0.5, 0.6) is 5.75 Å². The first-order chi connectivity index (χ1) is 20.4. The van der Waals surface area contributed by atoms with E-state index >= 15 is 0 Å². The van der Waals surface area contributed by atoms with Crippen LogP contribution in [0.15, 0.2) is 102 Å². The van der Waals surface area contributed by atoms with Gasteiger partial charge in [-0.05, 0) is 64.9 Å². The summed E-state index contributed by atoms with van der Waals surface area (Å²) in [5.41, 5.74) is 2.80. The maximum Gasteiger partial charge on any atom is 0.281 e. The molecule has 0 aromatic heterocycles. The molecule has 1 aliphatic heterocycles. The Labute approximate surface area is 240 Å². The molecule has 0 N–H and O–H groups in total. The fraction of sp³-hybridized carbons (Fsp3) is 0.188. The highest BCUT2D eigenvalue weighted by atomic mass is 16.6. The van der Waals surface area contributed by atoms with Crippen molar-refractivity contribution in [3.05, 3.63) is 128 Å². The van der Waals surface area contributed by atoms with Crippen molar-refractivity contribution in [3.8, 4) is 5.75 Å². The van der Waals surface area contributed by atoms with Crippen LogP contribution in [0.1, 0.15) is 36.4 Å². The average molecular weight is 563 g/mol. The van der Waals surface area contributed by atoms with Gasteiger partial charge in [-0.15, -0.1) is 0 Å². The highest BCUT2D eigenvalue weighted by Gasteiger charge is 2.44. The molecule has 10 heteroatoms. The largest absolute Gasteiger partial charge is 0.484 e. The van der Waals surface area contributed by atoms with E-state index in [-0.39, 0.29) is 29.8 Å². The van der Waals surface area contributed by atoms with Gasteiger partial charge in [0.2, 0.25) is 0 Å². The Morgan fingerprint density at radius 2 is 1.64 bits per heavy atom. The summed E-state index contributed by atoms with van der Waals surface area (Å²) in [6.07, 6.45) is 4.11. The van der Waals surface area contributed by atoms with E-state index in [1.807, 2.05) is 48.5 Å². The summed E-state index contributed by atoms with van der Waals surface area (Å²) in [5, 5.41) is 31.1. The summed E-state index contributed by atoms with van der Waals surface area (Å²) >= 11 is 0. The van der Waals surface area contributed by atoms with Crippen LogP contribution in [-0.4, -0.2) is 33.1 Å². The third-order valence-corrected chi connectivity index (χ3v) is 7.68. The van der Waals surface area contributed by atoms with E-state index in [2.05, 4.69) is 0 Å². The minimum Gasteiger partial charge on any atom is -0.484 e. The molecule has 4 aromatic rings. The van der Waals surface area contributed by atoms with Crippen molar-refractivity contribution in [2.24, 2.45) is 11.0 Å². The monoisotopic (exact) mass is 562 g/mol. The number of non-ortho nitro benzene ring substituents is 2. The van der Waals surface area contributed by atoms with Crippen molar-refractivity contribution in [3.63, 3.8) is 0 Å². The van der Waals surface area contributed by atoms with Gasteiger partial charge in [-0.25, -0.2) is 5.01 Å². The molecule has 1 amide bonds. The number of allylic oxidation sites excluding steroid dienone is 1. The lowest BCUT2D eigenvalue weighted by molar-refractivity contribution is -0.385. The minimum atomic E-state index is -0.554. The number of carbonyl (C=O) groups excluding carboxylic acids is 1. The van der Waals surface area contributed by atoms with Crippen molar-refractivity contribution in [1.29, 1.82) is 0 Å². The van der Waals surface area contributed by atoms with Gasteiger partial charge in [0.1, 0.15) is 5.75 Å². The van der Waals surface area contributed by atoms with Gasteiger partial charge in [0.15, 0.2) is 6.61 Å². The van der Waals surface area contributed by atoms with E-state index in [0.29, 0.717) is 29.0 Å². The Kier molecular flexibility index (Phi) is 7.18. The molecule has 0 radical (unpaired) electrons. The first-order valence-corrected chi connectivity index (χ1v) is 13.6. The molecule has 2 aliphatic rings. The molecule has 10 nitrogen and oxygen atoms in total. The summed E-state index contributed by atoms with van der Waals surface area (Å²) in [6.45, 7) is -0.267. The van der Waals surface area contributed by atoms with Crippen molar-refractivity contribution in [2.75, 3.05) is 6.61 Å². The van der Waals surface area contributed by atoms with Crippen LogP contribution >= 0.6 is 0 Å². The van der Waals surface area contributed by atoms with Crippen LogP contribution in [-0.2, 0) is 4.79 Å². The number of nitro groups is 2. The predicted molar refractivity (Wildman–Crippen MR) is 158 cm³/mol. The van der Waals surface area contributed by atoms with Gasteiger partial charge in [0.25, 0.3) is 17.3 Å². The molecule has 42 heavy (non-hydrogen) atoms. The lowest BCUT2D eigenvalue weighted by atomic mass is 9.77. The zero-order chi connectivity index (χ0) is 29.2. The first kappa shape index (κ1) is 26.8. The van der Waals surface area contributed by atoms with Gasteiger partial charge in [-0.3, -0.25) is 25.0 Å². The van der Waals surface area contributed by atoms with Gasteiger partial charge in [0, 0.05) is 30.2 Å². The molecule has 0 spiro atoms. The SMILES string of the molecule is O=C(COc1ccc2ccccc2c1)N1N=C2/C(=C/c3cccc([N+](=O)[O-])c3)CCC[C@@H]2[C@H]1c1cccc([N+](=O)[O-])c1. The standard InChI is InChI=1S/C32H26N4O6/c37-30(20-42-28-15-14-22-7-1-2-8-23(22)19-28)34-32(25-10-4-12-27(18-25)36(40)41)29-13-5-9-24(31(29)33-34)16-21-6-3-11-26(17-21)35(38)39/h1-4,6-8,10-12,14-19,29,32H,5,9,13,20H2/b24-16+/t29-,32+/m0/s1. The molecule has 1 saturated carbocycles. The number of benzene rings is 4. The summed E-state index contributed by atoms with van der Waals surface area (Å²) in [7, 11) is 0. The van der Waals surface area contributed by atoms with Crippen LogP contribution in [0.25, 0.3) is 16.8 Å². The fourth-order valence-corrected chi connectivity index (χ4v) is 5.76. The predicted octanol–water partition coefficient (Wildman–Crippen LogP) is 6.86. The van der Waals surface area contributed by atoms with Crippen LogP contribution in [0.4, 0.5) is 11.4 Å².